The molecule has 0 aliphatic heterocycles. The lowest BCUT2D eigenvalue weighted by atomic mass is 10.2. The van der Waals surface area contributed by atoms with E-state index in [1.54, 1.807) is 12.1 Å². The summed E-state index contributed by atoms with van der Waals surface area (Å²) in [6.45, 7) is 6.18. The number of likely N-dealkylation sites (N-methyl/N-ethyl adjacent to an activating group) is 1. The largest absolute Gasteiger partial charge is 0.352 e. The van der Waals surface area contributed by atoms with Crippen LogP contribution >= 0.6 is 31.9 Å². The van der Waals surface area contributed by atoms with E-state index in [9.17, 15) is 9.59 Å². The smallest absolute Gasteiger partial charge is 0.254 e. The lowest BCUT2D eigenvalue weighted by molar-refractivity contribution is -0.122. The number of amides is 2. The maximum absolute atomic E-state index is 12.4. The highest BCUT2D eigenvalue weighted by Gasteiger charge is 2.18. The van der Waals surface area contributed by atoms with Crippen LogP contribution in [0.4, 0.5) is 0 Å². The minimum absolute atomic E-state index is 0.0660. The Morgan fingerprint density at radius 1 is 1.20 bits per heavy atom. The quantitative estimate of drug-likeness (QED) is 0.817. The van der Waals surface area contributed by atoms with E-state index in [1.807, 2.05) is 26.8 Å². The SMILES string of the molecule is CCN(CC(=O)NC(C)C)C(=O)c1cc(Br)cc(Br)c1. The number of nitrogens with zero attached hydrogens (tertiary/aromatic N) is 1. The molecule has 0 atom stereocenters. The zero-order valence-corrected chi connectivity index (χ0v) is 14.9. The molecule has 0 fully saturated rings. The van der Waals surface area contributed by atoms with Crippen LogP contribution in [-0.2, 0) is 4.79 Å². The van der Waals surface area contributed by atoms with Crippen LogP contribution in [0.5, 0.6) is 0 Å². The summed E-state index contributed by atoms with van der Waals surface area (Å²) in [6, 6.07) is 5.42. The normalized spacial score (nSPS) is 10.5. The highest BCUT2D eigenvalue weighted by molar-refractivity contribution is 9.11. The third kappa shape index (κ3) is 5.25. The maximum Gasteiger partial charge on any atom is 0.254 e. The number of rotatable bonds is 5. The third-order valence-corrected chi connectivity index (χ3v) is 3.48. The molecule has 0 aliphatic carbocycles. The van der Waals surface area contributed by atoms with Crippen LogP contribution < -0.4 is 5.32 Å². The van der Waals surface area contributed by atoms with E-state index >= 15 is 0 Å². The van der Waals surface area contributed by atoms with Crippen LogP contribution in [0, 0.1) is 0 Å². The topological polar surface area (TPSA) is 49.4 Å². The van der Waals surface area contributed by atoms with Crippen molar-refractivity contribution in [3.05, 3.63) is 32.7 Å². The van der Waals surface area contributed by atoms with Crippen molar-refractivity contribution in [2.45, 2.75) is 26.8 Å². The fourth-order valence-corrected chi connectivity index (χ4v) is 3.02. The minimum atomic E-state index is -0.159. The van der Waals surface area contributed by atoms with Crippen LogP contribution in [0.2, 0.25) is 0 Å². The first-order chi connectivity index (χ1) is 9.33. The predicted molar refractivity (Wildman–Crippen MR) is 86.7 cm³/mol. The first-order valence-corrected chi connectivity index (χ1v) is 7.96. The second-order valence-corrected chi connectivity index (χ2v) is 6.53. The van der Waals surface area contributed by atoms with Crippen LogP contribution in [0.15, 0.2) is 27.1 Å². The van der Waals surface area contributed by atoms with E-state index in [4.69, 9.17) is 0 Å². The van der Waals surface area contributed by atoms with E-state index < -0.39 is 0 Å². The number of carbonyl (C=O) groups is 2. The monoisotopic (exact) mass is 404 g/mol. The van der Waals surface area contributed by atoms with Gasteiger partial charge in [0.15, 0.2) is 0 Å². The van der Waals surface area contributed by atoms with Gasteiger partial charge in [0.1, 0.15) is 0 Å². The molecule has 110 valence electrons. The predicted octanol–water partition coefficient (Wildman–Crippen LogP) is 3.20. The van der Waals surface area contributed by atoms with Gasteiger partial charge in [-0.2, -0.15) is 0 Å². The third-order valence-electron chi connectivity index (χ3n) is 2.56. The van der Waals surface area contributed by atoms with Gasteiger partial charge in [-0.15, -0.1) is 0 Å². The van der Waals surface area contributed by atoms with Crippen molar-refractivity contribution in [1.82, 2.24) is 10.2 Å². The van der Waals surface area contributed by atoms with E-state index in [0.717, 1.165) is 8.95 Å². The van der Waals surface area contributed by atoms with Gasteiger partial charge in [-0.1, -0.05) is 31.9 Å². The minimum Gasteiger partial charge on any atom is -0.352 e. The summed E-state index contributed by atoms with van der Waals surface area (Å²) in [6.07, 6.45) is 0. The molecule has 20 heavy (non-hydrogen) atoms. The molecule has 0 unspecified atom stereocenters. The Bertz CT molecular complexity index is 484. The van der Waals surface area contributed by atoms with Crippen LogP contribution in [0.25, 0.3) is 0 Å². The molecular weight excluding hydrogens is 388 g/mol. The van der Waals surface area contributed by atoms with Gasteiger partial charge in [-0.3, -0.25) is 9.59 Å². The Labute approximate surface area is 136 Å². The molecule has 0 saturated heterocycles. The summed E-state index contributed by atoms with van der Waals surface area (Å²) in [5.41, 5.74) is 0.547. The van der Waals surface area contributed by atoms with E-state index in [2.05, 4.69) is 37.2 Å². The van der Waals surface area contributed by atoms with Crippen molar-refractivity contribution in [2.24, 2.45) is 0 Å². The molecule has 0 aliphatic rings. The lowest BCUT2D eigenvalue weighted by Crippen LogP contribution is -2.42. The summed E-state index contributed by atoms with van der Waals surface area (Å²) in [5.74, 6) is -0.308. The molecule has 1 N–H and O–H groups in total. The molecule has 1 rings (SSSR count). The Balaban J connectivity index is 2.83. The van der Waals surface area contributed by atoms with Crippen molar-refractivity contribution in [3.8, 4) is 0 Å². The summed E-state index contributed by atoms with van der Waals surface area (Å²) < 4.78 is 1.64. The zero-order chi connectivity index (χ0) is 15.3. The number of hydrogen-bond donors (Lipinski definition) is 1. The summed E-state index contributed by atoms with van der Waals surface area (Å²) in [4.78, 5) is 25.7. The molecule has 0 heterocycles. The molecule has 6 heteroatoms. The maximum atomic E-state index is 12.4. The Kier molecular flexibility index (Phi) is 6.68. The van der Waals surface area contributed by atoms with Gasteiger partial charge in [-0.05, 0) is 39.0 Å². The summed E-state index contributed by atoms with van der Waals surface area (Å²) >= 11 is 6.71. The standard InChI is InChI=1S/C14H18Br2N2O2/c1-4-18(8-13(19)17-9(2)3)14(20)10-5-11(15)7-12(16)6-10/h5-7,9H,4,8H2,1-3H3,(H,17,19). The van der Waals surface area contributed by atoms with Crippen LogP contribution in [0.1, 0.15) is 31.1 Å². The molecule has 4 nitrogen and oxygen atoms in total. The first-order valence-electron chi connectivity index (χ1n) is 6.38. The molecule has 0 bridgehead atoms. The van der Waals surface area contributed by atoms with E-state index in [0.29, 0.717) is 12.1 Å². The zero-order valence-electron chi connectivity index (χ0n) is 11.7. The van der Waals surface area contributed by atoms with E-state index in [-0.39, 0.29) is 24.4 Å². The van der Waals surface area contributed by atoms with Gasteiger partial charge in [0.05, 0.1) is 6.54 Å². The van der Waals surface area contributed by atoms with Gasteiger partial charge in [-0.25, -0.2) is 0 Å². The molecule has 1 aromatic carbocycles. The fraction of sp³-hybridized carbons (Fsp3) is 0.429. The number of benzene rings is 1. The summed E-state index contributed by atoms with van der Waals surface area (Å²) in [5, 5.41) is 2.79. The van der Waals surface area contributed by atoms with Crippen molar-refractivity contribution in [2.75, 3.05) is 13.1 Å². The molecule has 0 saturated carbocycles. The number of nitrogens with one attached hydrogen (secondary N) is 1. The Hall–Kier alpha value is -0.880. The fourth-order valence-electron chi connectivity index (χ4n) is 1.73. The van der Waals surface area contributed by atoms with Crippen molar-refractivity contribution >= 4 is 43.7 Å². The molecular formula is C14H18Br2N2O2. The van der Waals surface area contributed by atoms with Gasteiger partial charge < -0.3 is 10.2 Å². The second kappa shape index (κ2) is 7.78. The average Bonchev–Trinajstić information content (AvgIpc) is 2.33. The van der Waals surface area contributed by atoms with Crippen molar-refractivity contribution in [1.29, 1.82) is 0 Å². The molecule has 1 aromatic rings. The lowest BCUT2D eigenvalue weighted by Gasteiger charge is -2.21. The van der Waals surface area contributed by atoms with Crippen molar-refractivity contribution < 1.29 is 9.59 Å². The molecule has 0 aromatic heterocycles. The summed E-state index contributed by atoms with van der Waals surface area (Å²) in [7, 11) is 0. The van der Waals surface area contributed by atoms with Crippen molar-refractivity contribution in [3.63, 3.8) is 0 Å². The van der Waals surface area contributed by atoms with Gasteiger partial charge in [0.25, 0.3) is 5.91 Å². The first kappa shape index (κ1) is 17.2. The Morgan fingerprint density at radius 3 is 2.20 bits per heavy atom. The van der Waals surface area contributed by atoms with Crippen LogP contribution in [0.3, 0.4) is 0 Å². The highest BCUT2D eigenvalue weighted by atomic mass is 79.9. The highest BCUT2D eigenvalue weighted by Crippen LogP contribution is 2.21. The Morgan fingerprint density at radius 2 is 1.75 bits per heavy atom. The van der Waals surface area contributed by atoms with Gasteiger partial charge >= 0.3 is 0 Å². The molecule has 0 spiro atoms. The number of halogens is 2. The second-order valence-electron chi connectivity index (χ2n) is 4.70. The average molecular weight is 406 g/mol. The molecule has 2 amide bonds. The van der Waals surface area contributed by atoms with Gasteiger partial charge in [0.2, 0.25) is 5.91 Å². The number of hydrogen-bond acceptors (Lipinski definition) is 2. The van der Waals surface area contributed by atoms with Gasteiger partial charge in [0, 0.05) is 27.1 Å². The van der Waals surface area contributed by atoms with Crippen LogP contribution in [-0.4, -0.2) is 35.8 Å². The number of carbonyl (C=O) groups excluding carboxylic acids is 2. The molecule has 0 radical (unpaired) electrons. The van der Waals surface area contributed by atoms with E-state index in [1.165, 1.54) is 4.90 Å².